The van der Waals surface area contributed by atoms with Gasteiger partial charge in [0.05, 0.1) is 12.9 Å². The summed E-state index contributed by atoms with van der Waals surface area (Å²) in [7, 11) is 0. The van der Waals surface area contributed by atoms with E-state index in [9.17, 15) is 14.0 Å². The van der Waals surface area contributed by atoms with Crippen LogP contribution in [0, 0.1) is 5.82 Å². The molecule has 1 aliphatic heterocycles. The zero-order chi connectivity index (χ0) is 16.2. The van der Waals surface area contributed by atoms with E-state index in [2.05, 4.69) is 15.6 Å². The van der Waals surface area contributed by atoms with Gasteiger partial charge in [0.1, 0.15) is 11.9 Å². The van der Waals surface area contributed by atoms with Gasteiger partial charge in [0.15, 0.2) is 0 Å². The molecule has 1 fully saturated rings. The van der Waals surface area contributed by atoms with Crippen molar-refractivity contribution >= 4 is 11.8 Å². The molecule has 1 aromatic carbocycles. The van der Waals surface area contributed by atoms with Crippen LogP contribution in [0.25, 0.3) is 0 Å². The van der Waals surface area contributed by atoms with Crippen LogP contribution in [0.15, 0.2) is 36.9 Å². The molecule has 23 heavy (non-hydrogen) atoms. The van der Waals surface area contributed by atoms with E-state index in [0.717, 1.165) is 5.56 Å². The van der Waals surface area contributed by atoms with Gasteiger partial charge in [-0.25, -0.2) is 9.37 Å². The minimum Gasteiger partial charge on any atom is -0.350 e. The van der Waals surface area contributed by atoms with Crippen LogP contribution in [-0.4, -0.2) is 27.4 Å². The lowest BCUT2D eigenvalue weighted by Crippen LogP contribution is -2.41. The van der Waals surface area contributed by atoms with Crippen LogP contribution < -0.4 is 10.6 Å². The second-order valence-electron chi connectivity index (χ2n) is 5.54. The van der Waals surface area contributed by atoms with E-state index in [0.29, 0.717) is 31.5 Å². The average Bonchev–Trinajstić information content (AvgIpc) is 3.19. The number of nitrogens with one attached hydrogen (secondary N) is 2. The van der Waals surface area contributed by atoms with Gasteiger partial charge in [-0.05, 0) is 24.1 Å². The minimum absolute atomic E-state index is 0.102. The number of benzene rings is 1. The first kappa shape index (κ1) is 15.2. The summed E-state index contributed by atoms with van der Waals surface area (Å²) in [6.45, 7) is 0.675. The lowest BCUT2D eigenvalue weighted by atomic mass is 10.1. The Morgan fingerprint density at radius 2 is 2.35 bits per heavy atom. The summed E-state index contributed by atoms with van der Waals surface area (Å²) < 4.78 is 15.7. The average molecular weight is 316 g/mol. The number of amides is 2. The number of imidazole rings is 1. The zero-order valence-electron chi connectivity index (χ0n) is 12.5. The van der Waals surface area contributed by atoms with E-state index in [4.69, 9.17) is 0 Å². The van der Waals surface area contributed by atoms with Gasteiger partial charge in [-0.15, -0.1) is 0 Å². The number of carbonyl (C=O) groups is 2. The number of aromatic nitrogens is 2. The van der Waals surface area contributed by atoms with Crippen LogP contribution in [0.3, 0.4) is 0 Å². The van der Waals surface area contributed by atoms with Crippen LogP contribution in [0.5, 0.6) is 0 Å². The predicted molar refractivity (Wildman–Crippen MR) is 80.7 cm³/mol. The molecule has 0 unspecified atom stereocenters. The fraction of sp³-hybridized carbons (Fsp3) is 0.312. The molecule has 1 aliphatic rings. The number of carbonyl (C=O) groups excluding carboxylic acids is 2. The summed E-state index contributed by atoms with van der Waals surface area (Å²) in [5, 5.41) is 5.39. The molecule has 2 N–H and O–H groups in total. The van der Waals surface area contributed by atoms with Crippen molar-refractivity contribution in [2.24, 2.45) is 0 Å². The van der Waals surface area contributed by atoms with E-state index < -0.39 is 6.04 Å². The normalized spacial score (nSPS) is 17.1. The molecular weight excluding hydrogens is 299 g/mol. The molecule has 2 heterocycles. The Labute approximate surface area is 132 Å². The Morgan fingerprint density at radius 1 is 1.48 bits per heavy atom. The molecule has 2 aromatic rings. The third-order valence-electron chi connectivity index (χ3n) is 3.80. The van der Waals surface area contributed by atoms with Crippen molar-refractivity contribution < 1.29 is 14.0 Å². The monoisotopic (exact) mass is 316 g/mol. The van der Waals surface area contributed by atoms with E-state index in [1.165, 1.54) is 6.07 Å². The van der Waals surface area contributed by atoms with Crippen molar-refractivity contribution in [1.82, 2.24) is 20.2 Å². The van der Waals surface area contributed by atoms with Crippen LogP contribution in [-0.2, 0) is 22.7 Å². The largest absolute Gasteiger partial charge is 0.350 e. The van der Waals surface area contributed by atoms with Crippen LogP contribution in [0.1, 0.15) is 24.0 Å². The highest BCUT2D eigenvalue weighted by atomic mass is 19.1. The molecule has 1 aromatic heterocycles. The first-order valence-corrected chi connectivity index (χ1v) is 7.42. The Morgan fingerprint density at radius 3 is 3.04 bits per heavy atom. The molecule has 2 amide bonds. The van der Waals surface area contributed by atoms with Crippen LogP contribution >= 0.6 is 0 Å². The van der Waals surface area contributed by atoms with Gasteiger partial charge in [0.2, 0.25) is 11.8 Å². The fourth-order valence-corrected chi connectivity index (χ4v) is 2.56. The Bertz CT molecular complexity index is 715. The summed E-state index contributed by atoms with van der Waals surface area (Å²) in [4.78, 5) is 27.0. The maximum absolute atomic E-state index is 13.9. The fourth-order valence-electron chi connectivity index (χ4n) is 2.56. The summed E-state index contributed by atoms with van der Waals surface area (Å²) in [6.07, 6.45) is 5.91. The quantitative estimate of drug-likeness (QED) is 0.863. The lowest BCUT2D eigenvalue weighted by molar-refractivity contribution is -0.125. The predicted octanol–water partition coefficient (Wildman–Crippen LogP) is 0.965. The number of hydrogen-bond donors (Lipinski definition) is 2. The highest BCUT2D eigenvalue weighted by Crippen LogP contribution is 2.13. The third-order valence-corrected chi connectivity index (χ3v) is 3.80. The van der Waals surface area contributed by atoms with E-state index in [-0.39, 0.29) is 17.6 Å². The van der Waals surface area contributed by atoms with Gasteiger partial charge in [-0.2, -0.15) is 0 Å². The van der Waals surface area contributed by atoms with Crippen LogP contribution in [0.2, 0.25) is 0 Å². The van der Waals surface area contributed by atoms with Gasteiger partial charge in [0, 0.05) is 30.9 Å². The molecule has 120 valence electrons. The number of halogens is 1. The van der Waals surface area contributed by atoms with Crippen LogP contribution in [0.4, 0.5) is 4.39 Å². The van der Waals surface area contributed by atoms with Gasteiger partial charge < -0.3 is 15.2 Å². The summed E-state index contributed by atoms with van der Waals surface area (Å²) in [6, 6.07) is 4.29. The lowest BCUT2D eigenvalue weighted by Gasteiger charge is -2.12. The summed E-state index contributed by atoms with van der Waals surface area (Å²) in [5.74, 6) is -0.609. The maximum Gasteiger partial charge on any atom is 0.242 e. The first-order chi connectivity index (χ1) is 11.1. The van der Waals surface area contributed by atoms with E-state index >= 15 is 0 Å². The Hall–Kier alpha value is -2.70. The number of nitrogens with zero attached hydrogens (tertiary/aromatic N) is 2. The molecule has 0 bridgehead atoms. The van der Waals surface area contributed by atoms with Crippen molar-refractivity contribution in [2.75, 3.05) is 0 Å². The first-order valence-electron chi connectivity index (χ1n) is 7.42. The molecule has 1 saturated heterocycles. The standard InChI is InChI=1S/C16H17FN4O2/c17-13-2-1-11(7-12(13)9-21-6-5-18-10-21)8-19-16(23)14-3-4-15(22)20-14/h1-2,5-7,10,14H,3-4,8-9H2,(H,19,23)(H,20,22)/t14-/m0/s1. The number of rotatable bonds is 5. The molecule has 6 nitrogen and oxygen atoms in total. The molecule has 0 radical (unpaired) electrons. The van der Waals surface area contributed by atoms with Crippen molar-refractivity contribution in [3.63, 3.8) is 0 Å². The Balaban J connectivity index is 1.62. The highest BCUT2D eigenvalue weighted by Gasteiger charge is 2.26. The third kappa shape index (κ3) is 3.74. The minimum atomic E-state index is -0.464. The highest BCUT2D eigenvalue weighted by molar-refractivity contribution is 5.90. The van der Waals surface area contributed by atoms with Crippen molar-refractivity contribution in [2.45, 2.75) is 32.0 Å². The topological polar surface area (TPSA) is 76.0 Å². The van der Waals surface area contributed by atoms with Gasteiger partial charge >= 0.3 is 0 Å². The van der Waals surface area contributed by atoms with Crippen molar-refractivity contribution in [3.8, 4) is 0 Å². The summed E-state index contributed by atoms with van der Waals surface area (Å²) in [5.41, 5.74) is 1.34. The second-order valence-corrected chi connectivity index (χ2v) is 5.54. The smallest absolute Gasteiger partial charge is 0.242 e. The molecule has 3 rings (SSSR count). The van der Waals surface area contributed by atoms with Gasteiger partial charge in [-0.1, -0.05) is 6.07 Å². The number of hydrogen-bond acceptors (Lipinski definition) is 3. The molecule has 0 saturated carbocycles. The van der Waals surface area contributed by atoms with Crippen molar-refractivity contribution in [3.05, 3.63) is 53.9 Å². The second kappa shape index (κ2) is 6.60. The van der Waals surface area contributed by atoms with E-state index in [1.807, 2.05) is 0 Å². The van der Waals surface area contributed by atoms with Crippen molar-refractivity contribution in [1.29, 1.82) is 0 Å². The molecule has 0 aliphatic carbocycles. The van der Waals surface area contributed by atoms with Gasteiger partial charge in [-0.3, -0.25) is 9.59 Å². The SMILES string of the molecule is O=C1CC[C@@H](C(=O)NCc2ccc(F)c(Cn3ccnc3)c2)N1. The molecule has 7 heteroatoms. The molecule has 1 atom stereocenters. The maximum atomic E-state index is 13.9. The summed E-state index contributed by atoms with van der Waals surface area (Å²) >= 11 is 0. The molecular formula is C16H17FN4O2. The van der Waals surface area contributed by atoms with E-state index in [1.54, 1.807) is 35.4 Å². The zero-order valence-corrected chi connectivity index (χ0v) is 12.5. The Kier molecular flexibility index (Phi) is 4.36. The van der Waals surface area contributed by atoms with Gasteiger partial charge in [0.25, 0.3) is 0 Å². The molecule has 0 spiro atoms.